The second-order valence-corrected chi connectivity index (χ2v) is 9.46. The minimum Gasteiger partial charge on any atom is -0.331 e. The van der Waals surface area contributed by atoms with Crippen LogP contribution in [0.15, 0.2) is 59.5 Å². The summed E-state index contributed by atoms with van der Waals surface area (Å²) in [5.74, 6) is -0.132. The van der Waals surface area contributed by atoms with E-state index < -0.39 is 15.8 Å². The maximum absolute atomic E-state index is 13.4. The van der Waals surface area contributed by atoms with Crippen molar-refractivity contribution in [3.63, 3.8) is 0 Å². The van der Waals surface area contributed by atoms with Crippen LogP contribution in [-0.2, 0) is 10.0 Å². The van der Waals surface area contributed by atoms with Gasteiger partial charge < -0.3 is 10.2 Å². The third-order valence-corrected chi connectivity index (χ3v) is 7.39. The predicted octanol–water partition coefficient (Wildman–Crippen LogP) is 2.99. The van der Waals surface area contributed by atoms with Gasteiger partial charge in [-0.15, -0.1) is 0 Å². The molecule has 0 spiro atoms. The molecule has 1 atom stereocenters. The van der Waals surface area contributed by atoms with E-state index in [0.29, 0.717) is 19.0 Å². The topological polar surface area (TPSA) is 69.7 Å². The SMILES string of the molecule is O=C(N[C@H](c1ccccc1)C1CC1)N1CCN(S(=O)(=O)c2cccc(F)c2)CC1. The Morgan fingerprint density at radius 2 is 1.69 bits per heavy atom. The van der Waals surface area contributed by atoms with Crippen LogP contribution < -0.4 is 5.32 Å². The molecule has 0 bridgehead atoms. The predicted molar refractivity (Wildman–Crippen MR) is 107 cm³/mol. The van der Waals surface area contributed by atoms with Crippen molar-refractivity contribution in [2.24, 2.45) is 5.92 Å². The van der Waals surface area contributed by atoms with E-state index >= 15 is 0 Å². The molecule has 1 saturated heterocycles. The van der Waals surface area contributed by atoms with Gasteiger partial charge in [0, 0.05) is 26.2 Å². The minimum absolute atomic E-state index is 0.0160. The van der Waals surface area contributed by atoms with E-state index in [1.54, 1.807) is 4.90 Å². The highest BCUT2D eigenvalue weighted by atomic mass is 32.2. The Balaban J connectivity index is 1.38. The molecule has 0 unspecified atom stereocenters. The van der Waals surface area contributed by atoms with E-state index in [2.05, 4.69) is 5.32 Å². The first kappa shape index (κ1) is 19.8. The van der Waals surface area contributed by atoms with Crippen LogP contribution in [0.2, 0.25) is 0 Å². The average Bonchev–Trinajstić information content (AvgIpc) is 3.58. The van der Waals surface area contributed by atoms with Crippen molar-refractivity contribution in [2.45, 2.75) is 23.8 Å². The molecular weight excluding hydrogens is 393 g/mol. The lowest BCUT2D eigenvalue weighted by Gasteiger charge is -2.35. The normalized spacial score (nSPS) is 19.0. The van der Waals surface area contributed by atoms with E-state index in [9.17, 15) is 17.6 Å². The van der Waals surface area contributed by atoms with Gasteiger partial charge in [-0.25, -0.2) is 17.6 Å². The maximum Gasteiger partial charge on any atom is 0.317 e. The van der Waals surface area contributed by atoms with Crippen LogP contribution >= 0.6 is 0 Å². The van der Waals surface area contributed by atoms with Crippen molar-refractivity contribution in [2.75, 3.05) is 26.2 Å². The molecule has 154 valence electrons. The molecule has 8 heteroatoms. The van der Waals surface area contributed by atoms with Crippen molar-refractivity contribution in [1.29, 1.82) is 0 Å². The Hall–Kier alpha value is -2.45. The smallest absolute Gasteiger partial charge is 0.317 e. The van der Waals surface area contributed by atoms with Crippen molar-refractivity contribution in [1.82, 2.24) is 14.5 Å². The summed E-state index contributed by atoms with van der Waals surface area (Å²) in [5, 5.41) is 3.13. The second kappa shape index (κ2) is 8.12. The van der Waals surface area contributed by atoms with Gasteiger partial charge in [-0.05, 0) is 42.5 Å². The van der Waals surface area contributed by atoms with Crippen LogP contribution in [0, 0.1) is 11.7 Å². The van der Waals surface area contributed by atoms with Crippen LogP contribution in [0.4, 0.5) is 9.18 Å². The first-order valence-corrected chi connectivity index (χ1v) is 11.3. The fraction of sp³-hybridized carbons (Fsp3) is 0.381. The molecule has 2 aromatic carbocycles. The number of urea groups is 1. The minimum atomic E-state index is -3.77. The summed E-state index contributed by atoms with van der Waals surface area (Å²) < 4.78 is 40.2. The summed E-state index contributed by atoms with van der Waals surface area (Å²) in [6.07, 6.45) is 2.19. The van der Waals surface area contributed by atoms with Crippen LogP contribution in [0.5, 0.6) is 0 Å². The lowest BCUT2D eigenvalue weighted by atomic mass is 10.0. The fourth-order valence-electron chi connectivity index (χ4n) is 3.70. The van der Waals surface area contributed by atoms with Gasteiger partial charge in [-0.2, -0.15) is 4.31 Å². The standard InChI is InChI=1S/C21H24FN3O3S/c22-18-7-4-8-19(15-18)29(27,28)25-13-11-24(12-14-25)21(26)23-20(17-9-10-17)16-5-2-1-3-6-16/h1-8,15,17,20H,9-14H2,(H,23,26)/t20-/m1/s1. The van der Waals surface area contributed by atoms with Crippen molar-refractivity contribution in [3.8, 4) is 0 Å². The average molecular weight is 418 g/mol. The van der Waals surface area contributed by atoms with Crippen LogP contribution in [-0.4, -0.2) is 49.8 Å². The number of carbonyl (C=O) groups excluding carboxylic acids is 1. The summed E-state index contributed by atoms with van der Waals surface area (Å²) in [6, 6.07) is 14.7. The molecule has 1 heterocycles. The molecule has 1 aliphatic heterocycles. The summed E-state index contributed by atoms with van der Waals surface area (Å²) in [4.78, 5) is 14.4. The van der Waals surface area contributed by atoms with E-state index in [1.807, 2.05) is 30.3 Å². The van der Waals surface area contributed by atoms with Gasteiger partial charge in [0.25, 0.3) is 0 Å². The Kier molecular flexibility index (Phi) is 5.56. The Labute approximate surface area is 170 Å². The molecule has 6 nitrogen and oxygen atoms in total. The highest BCUT2D eigenvalue weighted by Gasteiger charge is 2.35. The first-order valence-electron chi connectivity index (χ1n) is 9.81. The van der Waals surface area contributed by atoms with E-state index in [4.69, 9.17) is 0 Å². The fourth-order valence-corrected chi connectivity index (χ4v) is 5.15. The van der Waals surface area contributed by atoms with Crippen molar-refractivity contribution < 1.29 is 17.6 Å². The maximum atomic E-state index is 13.4. The number of amides is 2. The molecule has 29 heavy (non-hydrogen) atoms. The number of nitrogens with one attached hydrogen (secondary N) is 1. The Morgan fingerprint density at radius 3 is 2.31 bits per heavy atom. The van der Waals surface area contributed by atoms with Crippen molar-refractivity contribution >= 4 is 16.1 Å². The van der Waals surface area contributed by atoms with Gasteiger partial charge in [0.1, 0.15) is 5.82 Å². The molecule has 2 aliphatic rings. The molecule has 1 N–H and O–H groups in total. The largest absolute Gasteiger partial charge is 0.331 e. The van der Waals surface area contributed by atoms with E-state index in [-0.39, 0.29) is 30.1 Å². The van der Waals surface area contributed by atoms with E-state index in [1.165, 1.54) is 22.5 Å². The van der Waals surface area contributed by atoms with Crippen LogP contribution in [0.3, 0.4) is 0 Å². The number of hydrogen-bond acceptors (Lipinski definition) is 3. The number of halogens is 1. The molecule has 2 aromatic rings. The lowest BCUT2D eigenvalue weighted by Crippen LogP contribution is -2.53. The molecule has 0 aromatic heterocycles. The molecule has 2 fully saturated rings. The third kappa shape index (κ3) is 4.43. The molecule has 1 saturated carbocycles. The Bertz CT molecular complexity index is 972. The van der Waals surface area contributed by atoms with E-state index in [0.717, 1.165) is 24.5 Å². The zero-order valence-corrected chi connectivity index (χ0v) is 16.8. The number of hydrogen-bond donors (Lipinski definition) is 1. The van der Waals surface area contributed by atoms with Crippen LogP contribution in [0.1, 0.15) is 24.4 Å². The van der Waals surface area contributed by atoms with Gasteiger partial charge in [-0.3, -0.25) is 0 Å². The monoisotopic (exact) mass is 417 g/mol. The number of nitrogens with zero attached hydrogens (tertiary/aromatic N) is 2. The van der Waals surface area contributed by atoms with Crippen LogP contribution in [0.25, 0.3) is 0 Å². The van der Waals surface area contributed by atoms with Gasteiger partial charge in [0.05, 0.1) is 10.9 Å². The van der Waals surface area contributed by atoms with Gasteiger partial charge in [0.2, 0.25) is 10.0 Å². The Morgan fingerprint density at radius 1 is 1.00 bits per heavy atom. The number of sulfonamides is 1. The molecule has 1 aliphatic carbocycles. The number of benzene rings is 2. The first-order chi connectivity index (χ1) is 13.9. The lowest BCUT2D eigenvalue weighted by molar-refractivity contribution is 0.167. The third-order valence-electron chi connectivity index (χ3n) is 5.49. The number of piperazine rings is 1. The van der Waals surface area contributed by atoms with Gasteiger partial charge >= 0.3 is 6.03 Å². The van der Waals surface area contributed by atoms with Gasteiger partial charge in [0.15, 0.2) is 0 Å². The zero-order valence-electron chi connectivity index (χ0n) is 16.0. The molecular formula is C21H24FN3O3S. The summed E-state index contributed by atoms with van der Waals surface area (Å²) in [6.45, 7) is 0.969. The van der Waals surface area contributed by atoms with Gasteiger partial charge in [-0.1, -0.05) is 36.4 Å². The summed E-state index contributed by atoms with van der Waals surface area (Å²) in [5.41, 5.74) is 1.09. The zero-order chi connectivity index (χ0) is 20.4. The molecule has 0 radical (unpaired) electrons. The second-order valence-electron chi connectivity index (χ2n) is 7.52. The highest BCUT2D eigenvalue weighted by molar-refractivity contribution is 7.89. The highest BCUT2D eigenvalue weighted by Crippen LogP contribution is 2.41. The summed E-state index contributed by atoms with van der Waals surface area (Å²) in [7, 11) is -3.77. The number of carbonyl (C=O) groups is 1. The summed E-state index contributed by atoms with van der Waals surface area (Å²) >= 11 is 0. The quantitative estimate of drug-likeness (QED) is 0.813. The van der Waals surface area contributed by atoms with Crippen molar-refractivity contribution in [3.05, 3.63) is 66.0 Å². The molecule has 2 amide bonds. The number of rotatable bonds is 5. The molecule has 4 rings (SSSR count).